The summed E-state index contributed by atoms with van der Waals surface area (Å²) < 4.78 is 12.7. The molecular formula is C12H19FN2. The normalized spacial score (nSPS) is 12.7. The molecule has 0 radical (unpaired) electrons. The Kier molecular flexibility index (Phi) is 5.29. The molecule has 2 nitrogen and oxygen atoms in total. The SMILES string of the molecule is CCC(Cc1ccc(F)cc1)NCCN. The Morgan fingerprint density at radius 1 is 1.33 bits per heavy atom. The lowest BCUT2D eigenvalue weighted by atomic mass is 10.0. The summed E-state index contributed by atoms with van der Waals surface area (Å²) in [6.45, 7) is 3.62. The molecule has 15 heavy (non-hydrogen) atoms. The predicted octanol–water partition coefficient (Wildman–Crippen LogP) is 1.70. The Balaban J connectivity index is 2.47. The molecule has 1 unspecified atom stereocenters. The second-order valence-corrected chi connectivity index (χ2v) is 3.68. The second-order valence-electron chi connectivity index (χ2n) is 3.68. The van der Waals surface area contributed by atoms with E-state index in [-0.39, 0.29) is 5.82 Å². The van der Waals surface area contributed by atoms with Crippen LogP contribution in [0.25, 0.3) is 0 Å². The summed E-state index contributed by atoms with van der Waals surface area (Å²) in [5.74, 6) is -0.179. The molecule has 0 saturated heterocycles. The van der Waals surface area contributed by atoms with E-state index in [1.807, 2.05) is 12.1 Å². The van der Waals surface area contributed by atoms with Crippen LogP contribution in [-0.2, 0) is 6.42 Å². The van der Waals surface area contributed by atoms with E-state index in [0.29, 0.717) is 12.6 Å². The first-order chi connectivity index (χ1) is 7.26. The molecule has 1 rings (SSSR count). The zero-order chi connectivity index (χ0) is 11.1. The van der Waals surface area contributed by atoms with E-state index in [0.717, 1.165) is 24.9 Å². The van der Waals surface area contributed by atoms with Crippen LogP contribution in [0.3, 0.4) is 0 Å². The lowest BCUT2D eigenvalue weighted by Gasteiger charge is -2.16. The van der Waals surface area contributed by atoms with Gasteiger partial charge in [0, 0.05) is 19.1 Å². The Hall–Kier alpha value is -0.930. The van der Waals surface area contributed by atoms with E-state index in [2.05, 4.69) is 12.2 Å². The van der Waals surface area contributed by atoms with Gasteiger partial charge in [-0.3, -0.25) is 0 Å². The summed E-state index contributed by atoms with van der Waals surface area (Å²) >= 11 is 0. The molecule has 0 aliphatic rings. The lowest BCUT2D eigenvalue weighted by molar-refractivity contribution is 0.501. The molecule has 1 aromatic carbocycles. The highest BCUT2D eigenvalue weighted by Crippen LogP contribution is 2.07. The van der Waals surface area contributed by atoms with E-state index in [4.69, 9.17) is 5.73 Å². The molecule has 0 bridgehead atoms. The molecular weight excluding hydrogens is 191 g/mol. The fourth-order valence-corrected chi connectivity index (χ4v) is 1.55. The topological polar surface area (TPSA) is 38.0 Å². The quantitative estimate of drug-likeness (QED) is 0.750. The summed E-state index contributed by atoms with van der Waals surface area (Å²) in [5.41, 5.74) is 6.59. The second kappa shape index (κ2) is 6.53. The molecule has 0 fully saturated rings. The van der Waals surface area contributed by atoms with Crippen LogP contribution in [0.1, 0.15) is 18.9 Å². The first-order valence-corrected chi connectivity index (χ1v) is 5.44. The number of nitrogens with one attached hydrogen (secondary N) is 1. The van der Waals surface area contributed by atoms with Crippen molar-refractivity contribution in [3.8, 4) is 0 Å². The van der Waals surface area contributed by atoms with Crippen molar-refractivity contribution >= 4 is 0 Å². The van der Waals surface area contributed by atoms with Crippen LogP contribution in [0, 0.1) is 5.82 Å². The van der Waals surface area contributed by atoms with Gasteiger partial charge in [0.25, 0.3) is 0 Å². The van der Waals surface area contributed by atoms with Gasteiger partial charge >= 0.3 is 0 Å². The van der Waals surface area contributed by atoms with E-state index < -0.39 is 0 Å². The molecule has 0 saturated carbocycles. The van der Waals surface area contributed by atoms with Crippen molar-refractivity contribution in [3.05, 3.63) is 35.6 Å². The highest BCUT2D eigenvalue weighted by molar-refractivity contribution is 5.17. The first kappa shape index (κ1) is 12.1. The van der Waals surface area contributed by atoms with Crippen molar-refractivity contribution in [2.75, 3.05) is 13.1 Å². The van der Waals surface area contributed by atoms with Gasteiger partial charge in [0.1, 0.15) is 5.82 Å². The molecule has 0 spiro atoms. The van der Waals surface area contributed by atoms with Gasteiger partial charge in [-0.2, -0.15) is 0 Å². The fraction of sp³-hybridized carbons (Fsp3) is 0.500. The molecule has 84 valence electrons. The molecule has 0 aromatic heterocycles. The Morgan fingerprint density at radius 3 is 2.53 bits per heavy atom. The maximum Gasteiger partial charge on any atom is 0.123 e. The summed E-state index contributed by atoms with van der Waals surface area (Å²) in [4.78, 5) is 0. The maximum absolute atomic E-state index is 12.7. The van der Waals surface area contributed by atoms with E-state index >= 15 is 0 Å². The van der Waals surface area contributed by atoms with Gasteiger partial charge in [-0.15, -0.1) is 0 Å². The van der Waals surface area contributed by atoms with Crippen molar-refractivity contribution in [1.82, 2.24) is 5.32 Å². The summed E-state index contributed by atoms with van der Waals surface area (Å²) in [5, 5.41) is 3.36. The Labute approximate surface area is 90.7 Å². The minimum atomic E-state index is -0.179. The molecule has 0 aliphatic carbocycles. The van der Waals surface area contributed by atoms with Gasteiger partial charge in [0.15, 0.2) is 0 Å². The number of benzene rings is 1. The molecule has 0 heterocycles. The third kappa shape index (κ3) is 4.40. The van der Waals surface area contributed by atoms with Gasteiger partial charge in [-0.25, -0.2) is 4.39 Å². The Bertz CT molecular complexity index is 271. The van der Waals surface area contributed by atoms with Gasteiger partial charge in [-0.1, -0.05) is 19.1 Å². The van der Waals surface area contributed by atoms with Crippen molar-refractivity contribution in [3.63, 3.8) is 0 Å². The molecule has 0 aliphatic heterocycles. The number of hydrogen-bond donors (Lipinski definition) is 2. The highest BCUT2D eigenvalue weighted by Gasteiger charge is 2.05. The van der Waals surface area contributed by atoms with Gasteiger partial charge < -0.3 is 11.1 Å². The number of nitrogens with two attached hydrogens (primary N) is 1. The average molecular weight is 210 g/mol. The number of rotatable bonds is 6. The van der Waals surface area contributed by atoms with Gasteiger partial charge in [-0.05, 0) is 30.5 Å². The third-order valence-electron chi connectivity index (χ3n) is 2.47. The lowest BCUT2D eigenvalue weighted by Crippen LogP contribution is -2.34. The summed E-state index contributed by atoms with van der Waals surface area (Å²) in [6.07, 6.45) is 1.98. The third-order valence-corrected chi connectivity index (χ3v) is 2.47. The van der Waals surface area contributed by atoms with Crippen LogP contribution in [0.4, 0.5) is 4.39 Å². The average Bonchev–Trinajstić information content (AvgIpc) is 2.27. The van der Waals surface area contributed by atoms with E-state index in [9.17, 15) is 4.39 Å². The van der Waals surface area contributed by atoms with Crippen LogP contribution in [0.15, 0.2) is 24.3 Å². The van der Waals surface area contributed by atoms with Crippen LogP contribution in [-0.4, -0.2) is 19.1 Å². The van der Waals surface area contributed by atoms with Crippen molar-refractivity contribution in [2.45, 2.75) is 25.8 Å². The predicted molar refractivity (Wildman–Crippen MR) is 61.2 cm³/mol. The smallest absolute Gasteiger partial charge is 0.123 e. The molecule has 3 N–H and O–H groups in total. The van der Waals surface area contributed by atoms with Crippen LogP contribution in [0.2, 0.25) is 0 Å². The molecule has 1 aromatic rings. The fourth-order valence-electron chi connectivity index (χ4n) is 1.55. The van der Waals surface area contributed by atoms with Crippen molar-refractivity contribution in [2.24, 2.45) is 5.73 Å². The van der Waals surface area contributed by atoms with Crippen LogP contribution < -0.4 is 11.1 Å². The Morgan fingerprint density at radius 2 is 2.00 bits per heavy atom. The standard InChI is InChI=1S/C12H19FN2/c1-2-12(15-8-7-14)9-10-3-5-11(13)6-4-10/h3-6,12,15H,2,7-9,14H2,1H3. The minimum Gasteiger partial charge on any atom is -0.329 e. The van der Waals surface area contributed by atoms with Crippen molar-refractivity contribution in [1.29, 1.82) is 0 Å². The minimum absolute atomic E-state index is 0.179. The first-order valence-electron chi connectivity index (χ1n) is 5.44. The maximum atomic E-state index is 12.7. The van der Waals surface area contributed by atoms with Crippen LogP contribution in [0.5, 0.6) is 0 Å². The largest absolute Gasteiger partial charge is 0.329 e. The van der Waals surface area contributed by atoms with Gasteiger partial charge in [0.2, 0.25) is 0 Å². The molecule has 0 amide bonds. The zero-order valence-electron chi connectivity index (χ0n) is 9.17. The van der Waals surface area contributed by atoms with Gasteiger partial charge in [0.05, 0.1) is 0 Å². The number of hydrogen-bond acceptors (Lipinski definition) is 2. The zero-order valence-corrected chi connectivity index (χ0v) is 9.17. The summed E-state index contributed by atoms with van der Waals surface area (Å²) in [6, 6.07) is 7.11. The number of halogens is 1. The van der Waals surface area contributed by atoms with Crippen LogP contribution >= 0.6 is 0 Å². The molecule has 3 heteroatoms. The molecule has 1 atom stereocenters. The van der Waals surface area contributed by atoms with E-state index in [1.165, 1.54) is 12.1 Å². The monoisotopic (exact) mass is 210 g/mol. The highest BCUT2D eigenvalue weighted by atomic mass is 19.1. The van der Waals surface area contributed by atoms with Crippen molar-refractivity contribution < 1.29 is 4.39 Å². The van der Waals surface area contributed by atoms with E-state index in [1.54, 1.807) is 0 Å². The summed E-state index contributed by atoms with van der Waals surface area (Å²) in [7, 11) is 0.